The van der Waals surface area contributed by atoms with Crippen LogP contribution in [0.5, 0.6) is 5.75 Å². The molecule has 1 aliphatic rings. The second kappa shape index (κ2) is 11.6. The van der Waals surface area contributed by atoms with Crippen LogP contribution in [0.15, 0.2) is 53.6 Å². The molecule has 3 aromatic heterocycles. The molecule has 0 saturated heterocycles. The molecular weight excluding hydrogens is 466 g/mol. The normalized spacial score (nSPS) is 15.3. The molecule has 5 rings (SSSR count). The van der Waals surface area contributed by atoms with E-state index in [0.29, 0.717) is 31.3 Å². The molecule has 0 unspecified atom stereocenters. The number of nitrogens with one attached hydrogen (secondary N) is 1. The van der Waals surface area contributed by atoms with E-state index in [4.69, 9.17) is 4.74 Å². The maximum Gasteiger partial charge on any atom is 0.252 e. The van der Waals surface area contributed by atoms with E-state index in [-0.39, 0.29) is 11.6 Å². The third kappa shape index (κ3) is 5.72. The highest BCUT2D eigenvalue weighted by Gasteiger charge is 2.29. The Labute approximate surface area is 216 Å². The van der Waals surface area contributed by atoms with Crippen molar-refractivity contribution in [3.05, 3.63) is 76.1 Å². The lowest BCUT2D eigenvalue weighted by atomic mass is 9.95. The fraction of sp³-hybridized carbons (Fsp3) is 0.464. The van der Waals surface area contributed by atoms with Crippen LogP contribution < -0.4 is 10.3 Å². The Morgan fingerprint density at radius 3 is 2.76 bits per heavy atom. The van der Waals surface area contributed by atoms with Gasteiger partial charge in [0.05, 0.1) is 18.7 Å². The van der Waals surface area contributed by atoms with Crippen LogP contribution in [0, 0.1) is 0 Å². The van der Waals surface area contributed by atoms with E-state index in [1.807, 2.05) is 48.1 Å². The number of rotatable bonds is 10. The average molecular weight is 502 g/mol. The highest BCUT2D eigenvalue weighted by Crippen LogP contribution is 2.32. The lowest BCUT2D eigenvalue weighted by molar-refractivity contribution is 0.155. The zero-order valence-electron chi connectivity index (χ0n) is 21.6. The minimum Gasteiger partial charge on any atom is -0.494 e. The molecule has 0 amide bonds. The second-order valence-corrected chi connectivity index (χ2v) is 9.77. The van der Waals surface area contributed by atoms with Crippen LogP contribution in [0.4, 0.5) is 0 Å². The molecule has 0 bridgehead atoms. The summed E-state index contributed by atoms with van der Waals surface area (Å²) < 4.78 is 7.73. The van der Waals surface area contributed by atoms with Crippen molar-refractivity contribution in [3.8, 4) is 5.75 Å². The van der Waals surface area contributed by atoms with Crippen LogP contribution in [0.2, 0.25) is 0 Å². The summed E-state index contributed by atoms with van der Waals surface area (Å²) in [6, 6.07) is 12.0. The summed E-state index contributed by atoms with van der Waals surface area (Å²) in [6.07, 6.45) is 10.4. The van der Waals surface area contributed by atoms with Gasteiger partial charge in [0.1, 0.15) is 5.75 Å². The number of aromatic nitrogens is 6. The fourth-order valence-electron chi connectivity index (χ4n) is 5.43. The van der Waals surface area contributed by atoms with Crippen LogP contribution in [-0.4, -0.2) is 41.7 Å². The summed E-state index contributed by atoms with van der Waals surface area (Å²) in [6.45, 7) is 5.79. The van der Waals surface area contributed by atoms with Gasteiger partial charge in [0.2, 0.25) is 0 Å². The second-order valence-electron chi connectivity index (χ2n) is 9.77. The molecule has 9 heteroatoms. The average Bonchev–Trinajstić information content (AvgIpc) is 3.40. The fourth-order valence-corrected chi connectivity index (χ4v) is 5.43. The zero-order valence-corrected chi connectivity index (χ0v) is 21.6. The monoisotopic (exact) mass is 501 g/mol. The number of benzene rings is 1. The van der Waals surface area contributed by atoms with Crippen molar-refractivity contribution in [2.45, 2.75) is 77.5 Å². The van der Waals surface area contributed by atoms with Gasteiger partial charge >= 0.3 is 0 Å². The van der Waals surface area contributed by atoms with Gasteiger partial charge in [-0.2, -0.15) is 0 Å². The molecule has 3 heterocycles. The molecule has 1 saturated carbocycles. The number of fused-ring (bicyclic) bond motifs is 1. The van der Waals surface area contributed by atoms with Gasteiger partial charge in [0.25, 0.3) is 5.56 Å². The van der Waals surface area contributed by atoms with Crippen molar-refractivity contribution in [1.29, 1.82) is 0 Å². The lowest BCUT2D eigenvalue weighted by Gasteiger charge is -2.32. The van der Waals surface area contributed by atoms with Gasteiger partial charge in [-0.1, -0.05) is 32.3 Å². The number of pyridine rings is 2. The van der Waals surface area contributed by atoms with Crippen LogP contribution in [0.1, 0.15) is 81.4 Å². The molecule has 9 nitrogen and oxygen atoms in total. The van der Waals surface area contributed by atoms with E-state index in [1.165, 1.54) is 19.3 Å². The largest absolute Gasteiger partial charge is 0.494 e. The van der Waals surface area contributed by atoms with E-state index >= 15 is 0 Å². The first-order valence-corrected chi connectivity index (χ1v) is 13.4. The number of aromatic amines is 1. The number of H-pyrrole nitrogens is 1. The van der Waals surface area contributed by atoms with Crippen molar-refractivity contribution in [1.82, 2.24) is 35.1 Å². The Hall–Kier alpha value is -3.59. The predicted molar refractivity (Wildman–Crippen MR) is 142 cm³/mol. The van der Waals surface area contributed by atoms with Gasteiger partial charge in [-0.25, -0.2) is 4.68 Å². The van der Waals surface area contributed by atoms with Crippen molar-refractivity contribution in [2.24, 2.45) is 0 Å². The third-order valence-electron chi connectivity index (χ3n) is 7.25. The van der Waals surface area contributed by atoms with Gasteiger partial charge in [0, 0.05) is 41.9 Å². The predicted octanol–water partition coefficient (Wildman–Crippen LogP) is 4.97. The summed E-state index contributed by atoms with van der Waals surface area (Å²) in [5.41, 5.74) is 2.48. The van der Waals surface area contributed by atoms with E-state index in [1.54, 1.807) is 6.20 Å². The first-order valence-electron chi connectivity index (χ1n) is 13.4. The number of ether oxygens (including phenoxy) is 1. The first kappa shape index (κ1) is 25.1. The van der Waals surface area contributed by atoms with Crippen LogP contribution in [0.25, 0.3) is 10.9 Å². The molecule has 1 N–H and O–H groups in total. The van der Waals surface area contributed by atoms with Gasteiger partial charge in [-0.15, -0.1) is 5.10 Å². The summed E-state index contributed by atoms with van der Waals surface area (Å²) in [7, 11) is 0. The Balaban J connectivity index is 1.51. The van der Waals surface area contributed by atoms with Gasteiger partial charge in [-0.05, 0) is 72.5 Å². The van der Waals surface area contributed by atoms with E-state index in [0.717, 1.165) is 47.3 Å². The van der Waals surface area contributed by atoms with Crippen molar-refractivity contribution in [3.63, 3.8) is 0 Å². The Kier molecular flexibility index (Phi) is 7.89. The maximum atomic E-state index is 13.2. The van der Waals surface area contributed by atoms with E-state index in [9.17, 15) is 4.79 Å². The minimum absolute atomic E-state index is 0.0537. The highest BCUT2D eigenvalue weighted by atomic mass is 16.5. The SMILES string of the molecule is CCOc1ccc2[nH]c(=O)c(CN(Cc3cccnc3)[C@@H](CC)c3nnnn3C3CCCCC3)cc2c1. The summed E-state index contributed by atoms with van der Waals surface area (Å²) in [4.78, 5) is 22.8. The molecule has 1 aromatic carbocycles. The van der Waals surface area contributed by atoms with Crippen LogP contribution in [-0.2, 0) is 13.1 Å². The van der Waals surface area contributed by atoms with Gasteiger partial charge < -0.3 is 9.72 Å². The smallest absolute Gasteiger partial charge is 0.252 e. The van der Waals surface area contributed by atoms with Gasteiger partial charge in [0.15, 0.2) is 5.82 Å². The molecule has 0 aliphatic heterocycles. The van der Waals surface area contributed by atoms with Crippen LogP contribution >= 0.6 is 0 Å². The molecule has 0 spiro atoms. The van der Waals surface area contributed by atoms with Crippen molar-refractivity contribution < 1.29 is 4.74 Å². The van der Waals surface area contributed by atoms with Crippen molar-refractivity contribution >= 4 is 10.9 Å². The highest BCUT2D eigenvalue weighted by molar-refractivity contribution is 5.80. The van der Waals surface area contributed by atoms with Crippen LogP contribution in [0.3, 0.4) is 0 Å². The van der Waals surface area contributed by atoms with E-state index in [2.05, 4.69) is 43.4 Å². The summed E-state index contributed by atoms with van der Waals surface area (Å²) in [5, 5.41) is 14.0. The lowest BCUT2D eigenvalue weighted by Crippen LogP contribution is -2.33. The Morgan fingerprint density at radius 2 is 2.00 bits per heavy atom. The number of hydrogen-bond acceptors (Lipinski definition) is 7. The third-order valence-corrected chi connectivity index (χ3v) is 7.25. The standard InChI is InChI=1S/C28H35N7O2/c1-3-26(27-31-32-33-35(27)23-10-6-5-7-11-23)34(18-20-9-8-14-29-17-20)19-22-15-21-16-24(37-4-2)12-13-25(21)30-28(22)36/h8-9,12-17,23,26H,3-7,10-11,18-19H2,1-2H3,(H,30,36)/t26-/m0/s1. The number of hydrogen-bond donors (Lipinski definition) is 1. The summed E-state index contributed by atoms with van der Waals surface area (Å²) >= 11 is 0. The quantitative estimate of drug-likeness (QED) is 0.327. The Morgan fingerprint density at radius 1 is 1.14 bits per heavy atom. The molecule has 1 aliphatic carbocycles. The molecule has 0 radical (unpaired) electrons. The number of nitrogens with zero attached hydrogens (tertiary/aromatic N) is 6. The topological polar surface area (TPSA) is 102 Å². The summed E-state index contributed by atoms with van der Waals surface area (Å²) in [5.74, 6) is 1.66. The number of tetrazole rings is 1. The maximum absolute atomic E-state index is 13.2. The Bertz CT molecular complexity index is 1360. The molecular formula is C28H35N7O2. The molecule has 1 fully saturated rings. The first-order chi connectivity index (χ1) is 18.2. The molecule has 37 heavy (non-hydrogen) atoms. The zero-order chi connectivity index (χ0) is 25.6. The van der Waals surface area contributed by atoms with Crippen molar-refractivity contribution in [2.75, 3.05) is 6.61 Å². The molecule has 194 valence electrons. The molecule has 4 aromatic rings. The minimum atomic E-state index is -0.0884. The van der Waals surface area contributed by atoms with Gasteiger partial charge in [-0.3, -0.25) is 14.7 Å². The molecule has 1 atom stereocenters. The van der Waals surface area contributed by atoms with E-state index < -0.39 is 0 Å².